The quantitative estimate of drug-likeness (QED) is 0.611. The number of halogens is 2. The SMILES string of the molecule is Cc1ccc(NCCl)c(Br)c1. The Morgan fingerprint density at radius 3 is 2.82 bits per heavy atom. The molecule has 0 aliphatic heterocycles. The molecule has 0 bridgehead atoms. The lowest BCUT2D eigenvalue weighted by Crippen LogP contribution is -1.94. The zero-order valence-electron chi connectivity index (χ0n) is 6.20. The van der Waals surface area contributed by atoms with Gasteiger partial charge in [0.25, 0.3) is 0 Å². The number of alkyl halides is 1. The van der Waals surface area contributed by atoms with Crippen LogP contribution in [0, 0.1) is 6.92 Å². The van der Waals surface area contributed by atoms with E-state index in [4.69, 9.17) is 11.6 Å². The number of hydrogen-bond acceptors (Lipinski definition) is 1. The minimum absolute atomic E-state index is 0.432. The maximum Gasteiger partial charge on any atom is 0.0902 e. The molecule has 0 unspecified atom stereocenters. The first-order chi connectivity index (χ1) is 5.24. The molecule has 0 amide bonds. The first-order valence-corrected chi connectivity index (χ1v) is 4.63. The highest BCUT2D eigenvalue weighted by Crippen LogP contribution is 2.22. The first-order valence-electron chi connectivity index (χ1n) is 3.30. The molecule has 0 heterocycles. The van der Waals surface area contributed by atoms with Gasteiger partial charge < -0.3 is 5.32 Å². The fraction of sp³-hybridized carbons (Fsp3) is 0.250. The summed E-state index contributed by atoms with van der Waals surface area (Å²) >= 11 is 8.94. The van der Waals surface area contributed by atoms with Crippen molar-refractivity contribution in [1.29, 1.82) is 0 Å². The number of nitrogens with one attached hydrogen (secondary N) is 1. The van der Waals surface area contributed by atoms with Crippen LogP contribution in [0.4, 0.5) is 5.69 Å². The van der Waals surface area contributed by atoms with Gasteiger partial charge in [0.05, 0.1) is 6.00 Å². The summed E-state index contributed by atoms with van der Waals surface area (Å²) in [4.78, 5) is 0. The zero-order chi connectivity index (χ0) is 8.27. The molecule has 0 saturated heterocycles. The van der Waals surface area contributed by atoms with Gasteiger partial charge in [-0.3, -0.25) is 0 Å². The Hall–Kier alpha value is -0.210. The molecule has 1 aromatic carbocycles. The van der Waals surface area contributed by atoms with Crippen LogP contribution in [0.25, 0.3) is 0 Å². The molecule has 1 aromatic rings. The molecule has 0 saturated carbocycles. The van der Waals surface area contributed by atoms with Gasteiger partial charge in [-0.15, -0.1) is 11.6 Å². The fourth-order valence-corrected chi connectivity index (χ4v) is 1.61. The number of aryl methyl sites for hydroxylation is 1. The van der Waals surface area contributed by atoms with Gasteiger partial charge in [0, 0.05) is 10.2 Å². The monoisotopic (exact) mass is 233 g/mol. The van der Waals surface area contributed by atoms with Gasteiger partial charge in [0.2, 0.25) is 0 Å². The summed E-state index contributed by atoms with van der Waals surface area (Å²) in [5, 5.41) is 3.02. The maximum atomic E-state index is 5.52. The number of benzene rings is 1. The lowest BCUT2D eigenvalue weighted by molar-refractivity contribution is 1.39. The topological polar surface area (TPSA) is 12.0 Å². The predicted molar refractivity (Wildman–Crippen MR) is 53.2 cm³/mol. The lowest BCUT2D eigenvalue weighted by atomic mass is 10.2. The minimum Gasteiger partial charge on any atom is -0.371 e. The molecular formula is C8H9BrClN. The van der Waals surface area contributed by atoms with Crippen molar-refractivity contribution in [2.45, 2.75) is 6.92 Å². The third-order valence-corrected chi connectivity index (χ3v) is 2.17. The summed E-state index contributed by atoms with van der Waals surface area (Å²) in [5.41, 5.74) is 2.27. The Labute approximate surface area is 79.9 Å². The first kappa shape index (κ1) is 8.88. The molecule has 0 fully saturated rings. The summed E-state index contributed by atoms with van der Waals surface area (Å²) in [6.07, 6.45) is 0. The number of anilines is 1. The number of rotatable bonds is 2. The molecule has 11 heavy (non-hydrogen) atoms. The Morgan fingerprint density at radius 2 is 2.27 bits per heavy atom. The molecule has 1 rings (SSSR count). The molecule has 0 atom stereocenters. The van der Waals surface area contributed by atoms with Gasteiger partial charge in [-0.1, -0.05) is 6.07 Å². The van der Waals surface area contributed by atoms with Crippen LogP contribution in [0.1, 0.15) is 5.56 Å². The Morgan fingerprint density at radius 1 is 1.55 bits per heavy atom. The van der Waals surface area contributed by atoms with Crippen LogP contribution in [0.15, 0.2) is 22.7 Å². The Bertz CT molecular complexity index is 250. The van der Waals surface area contributed by atoms with Gasteiger partial charge in [-0.2, -0.15) is 0 Å². The highest BCUT2D eigenvalue weighted by molar-refractivity contribution is 9.10. The van der Waals surface area contributed by atoms with Crippen molar-refractivity contribution < 1.29 is 0 Å². The van der Waals surface area contributed by atoms with E-state index in [9.17, 15) is 0 Å². The van der Waals surface area contributed by atoms with E-state index >= 15 is 0 Å². The molecule has 1 N–H and O–H groups in total. The van der Waals surface area contributed by atoms with Gasteiger partial charge >= 0.3 is 0 Å². The van der Waals surface area contributed by atoms with E-state index in [1.54, 1.807) is 0 Å². The normalized spacial score (nSPS) is 9.73. The van der Waals surface area contributed by atoms with Crippen molar-refractivity contribution >= 4 is 33.2 Å². The summed E-state index contributed by atoms with van der Waals surface area (Å²) in [6.45, 7) is 2.05. The van der Waals surface area contributed by atoms with E-state index in [-0.39, 0.29) is 0 Å². The van der Waals surface area contributed by atoms with Gasteiger partial charge in [0.15, 0.2) is 0 Å². The maximum absolute atomic E-state index is 5.52. The van der Waals surface area contributed by atoms with Gasteiger partial charge in [0.1, 0.15) is 0 Å². The second-order valence-electron chi connectivity index (χ2n) is 2.29. The fourth-order valence-electron chi connectivity index (χ4n) is 0.835. The van der Waals surface area contributed by atoms with E-state index in [0.29, 0.717) is 6.00 Å². The van der Waals surface area contributed by atoms with E-state index in [2.05, 4.69) is 34.2 Å². The average molecular weight is 235 g/mol. The largest absolute Gasteiger partial charge is 0.371 e. The molecule has 0 spiro atoms. The summed E-state index contributed by atoms with van der Waals surface area (Å²) in [5.74, 6) is 0. The molecule has 0 aliphatic rings. The average Bonchev–Trinajstić information content (AvgIpc) is 1.95. The van der Waals surface area contributed by atoms with E-state index in [1.165, 1.54) is 5.56 Å². The molecule has 0 radical (unpaired) electrons. The molecular weight excluding hydrogens is 225 g/mol. The standard InChI is InChI=1S/C8H9BrClN/c1-6-2-3-8(11-5-10)7(9)4-6/h2-4,11H,5H2,1H3. The molecule has 60 valence electrons. The lowest BCUT2D eigenvalue weighted by Gasteiger charge is -2.04. The van der Waals surface area contributed by atoms with E-state index in [0.717, 1.165) is 10.2 Å². The molecule has 3 heteroatoms. The third-order valence-electron chi connectivity index (χ3n) is 1.38. The summed E-state index contributed by atoms with van der Waals surface area (Å²) in [6, 6.07) is 6.53. The van der Waals surface area contributed by atoms with Crippen molar-refractivity contribution in [2.24, 2.45) is 0 Å². The predicted octanol–water partition coefficient (Wildman–Crippen LogP) is 3.37. The zero-order valence-corrected chi connectivity index (χ0v) is 8.54. The second-order valence-corrected chi connectivity index (χ2v) is 3.42. The van der Waals surface area contributed by atoms with Crippen molar-refractivity contribution in [2.75, 3.05) is 11.3 Å². The van der Waals surface area contributed by atoms with Crippen molar-refractivity contribution in [1.82, 2.24) is 0 Å². The Kier molecular flexibility index (Phi) is 3.21. The Balaban J connectivity index is 2.90. The summed E-state index contributed by atoms with van der Waals surface area (Å²) < 4.78 is 1.05. The van der Waals surface area contributed by atoms with E-state index < -0.39 is 0 Å². The van der Waals surface area contributed by atoms with Crippen LogP contribution >= 0.6 is 27.5 Å². The van der Waals surface area contributed by atoms with Crippen molar-refractivity contribution in [3.63, 3.8) is 0 Å². The van der Waals surface area contributed by atoms with Gasteiger partial charge in [-0.05, 0) is 40.5 Å². The highest BCUT2D eigenvalue weighted by atomic mass is 79.9. The smallest absolute Gasteiger partial charge is 0.0902 e. The van der Waals surface area contributed by atoms with Gasteiger partial charge in [-0.25, -0.2) is 0 Å². The molecule has 0 aromatic heterocycles. The van der Waals surface area contributed by atoms with Crippen LogP contribution in [-0.2, 0) is 0 Å². The number of hydrogen-bond donors (Lipinski definition) is 1. The van der Waals surface area contributed by atoms with Crippen LogP contribution in [-0.4, -0.2) is 6.00 Å². The molecule has 1 nitrogen and oxygen atoms in total. The van der Waals surface area contributed by atoms with Crippen LogP contribution in [0.2, 0.25) is 0 Å². The van der Waals surface area contributed by atoms with Crippen molar-refractivity contribution in [3.8, 4) is 0 Å². The van der Waals surface area contributed by atoms with Crippen LogP contribution < -0.4 is 5.32 Å². The van der Waals surface area contributed by atoms with Crippen LogP contribution in [0.5, 0.6) is 0 Å². The molecule has 0 aliphatic carbocycles. The van der Waals surface area contributed by atoms with Crippen LogP contribution in [0.3, 0.4) is 0 Å². The van der Waals surface area contributed by atoms with Crippen molar-refractivity contribution in [3.05, 3.63) is 28.2 Å². The third kappa shape index (κ3) is 2.38. The highest BCUT2D eigenvalue weighted by Gasteiger charge is 1.96. The second kappa shape index (κ2) is 3.98. The van der Waals surface area contributed by atoms with E-state index in [1.807, 2.05) is 12.1 Å². The summed E-state index contributed by atoms with van der Waals surface area (Å²) in [7, 11) is 0. The minimum atomic E-state index is 0.432.